The van der Waals surface area contributed by atoms with Crippen LogP contribution in [0, 0.1) is 0 Å². The molecule has 62 heavy (non-hydrogen) atoms. The predicted octanol–water partition coefficient (Wildman–Crippen LogP) is 17.3. The van der Waals surface area contributed by atoms with Gasteiger partial charge in [-0.25, -0.2) is 0 Å². The summed E-state index contributed by atoms with van der Waals surface area (Å²) >= 11 is 0. The fourth-order valence-corrected chi connectivity index (χ4v) is 7.31. The highest BCUT2D eigenvalue weighted by Crippen LogP contribution is 2.14. The van der Waals surface area contributed by atoms with Gasteiger partial charge in [0, 0.05) is 19.3 Å². The number of rotatable bonds is 47. The summed E-state index contributed by atoms with van der Waals surface area (Å²) in [5, 5.41) is 0. The highest BCUT2D eigenvalue weighted by Gasteiger charge is 2.19. The van der Waals surface area contributed by atoms with Crippen molar-refractivity contribution >= 4 is 17.9 Å². The molecule has 0 aromatic carbocycles. The Labute approximate surface area is 383 Å². The van der Waals surface area contributed by atoms with Crippen molar-refractivity contribution in [2.75, 3.05) is 13.2 Å². The molecule has 0 heterocycles. The number of carbonyl (C=O) groups excluding carboxylic acids is 3. The fourth-order valence-electron chi connectivity index (χ4n) is 7.31. The first-order valence-corrected chi connectivity index (χ1v) is 26.3. The highest BCUT2D eigenvalue weighted by molar-refractivity contribution is 5.71. The number of hydrogen-bond acceptors (Lipinski definition) is 6. The van der Waals surface area contributed by atoms with Crippen molar-refractivity contribution < 1.29 is 28.6 Å². The summed E-state index contributed by atoms with van der Waals surface area (Å²) in [7, 11) is 0. The summed E-state index contributed by atoms with van der Waals surface area (Å²) in [5.74, 6) is -0.915. The average molecular weight is 867 g/mol. The Balaban J connectivity index is 4.41. The van der Waals surface area contributed by atoms with E-state index in [4.69, 9.17) is 14.2 Å². The molecule has 0 saturated carbocycles. The number of esters is 3. The van der Waals surface area contributed by atoms with Crippen molar-refractivity contribution in [2.24, 2.45) is 0 Å². The van der Waals surface area contributed by atoms with Crippen LogP contribution in [-0.4, -0.2) is 37.2 Å². The third kappa shape index (κ3) is 48.1. The zero-order chi connectivity index (χ0) is 45.1. The smallest absolute Gasteiger partial charge is 0.306 e. The van der Waals surface area contributed by atoms with Crippen LogP contribution < -0.4 is 0 Å². The Morgan fingerprint density at radius 3 is 1.03 bits per heavy atom. The van der Waals surface area contributed by atoms with Gasteiger partial charge in [-0.05, 0) is 89.9 Å². The van der Waals surface area contributed by atoms with Crippen molar-refractivity contribution in [3.8, 4) is 0 Å². The van der Waals surface area contributed by atoms with Crippen LogP contribution in [0.1, 0.15) is 258 Å². The Morgan fingerprint density at radius 1 is 0.339 bits per heavy atom. The van der Waals surface area contributed by atoms with Crippen LogP contribution in [0.5, 0.6) is 0 Å². The standard InChI is InChI=1S/C56H98O6/c1-4-7-10-13-16-19-22-25-27-29-31-34-37-40-43-46-49-55(58)61-52-53(51-60-54(57)48-45-42-39-36-33-30-24-21-18-15-12-9-6-3)62-56(59)50-47-44-41-38-35-32-28-26-23-20-17-14-11-8-5-2/h9,12,15,18,20-21,23-24,27,29,53H,4-8,10-11,13-14,16-17,19,22,25-26,28,30-52H2,1-3H3/b12-9+,18-15+,23-20+,24-21+,29-27+. The summed E-state index contributed by atoms with van der Waals surface area (Å²) in [6.45, 7) is 6.47. The highest BCUT2D eigenvalue weighted by atomic mass is 16.6. The average Bonchev–Trinajstić information content (AvgIpc) is 3.27. The molecule has 0 aromatic rings. The molecule has 1 unspecified atom stereocenters. The molecule has 0 N–H and O–H groups in total. The quantitative estimate of drug-likeness (QED) is 0.0199. The Kier molecular flexibility index (Phi) is 48.4. The normalized spacial score (nSPS) is 12.5. The number of ether oxygens (including phenoxy) is 3. The Hall–Kier alpha value is -2.89. The van der Waals surface area contributed by atoms with Gasteiger partial charge in [-0.2, -0.15) is 0 Å². The van der Waals surface area contributed by atoms with Crippen LogP contribution in [0.15, 0.2) is 60.8 Å². The number of allylic oxidation sites excluding steroid dienone is 10. The predicted molar refractivity (Wildman–Crippen MR) is 265 cm³/mol. The maximum atomic E-state index is 12.8. The first kappa shape index (κ1) is 59.1. The van der Waals surface area contributed by atoms with Gasteiger partial charge in [-0.1, -0.05) is 210 Å². The summed E-state index contributed by atoms with van der Waals surface area (Å²) in [6, 6.07) is 0. The third-order valence-electron chi connectivity index (χ3n) is 11.3. The summed E-state index contributed by atoms with van der Waals surface area (Å²) < 4.78 is 16.8. The molecule has 6 heteroatoms. The largest absolute Gasteiger partial charge is 0.462 e. The van der Waals surface area contributed by atoms with Gasteiger partial charge in [0.05, 0.1) is 0 Å². The monoisotopic (exact) mass is 867 g/mol. The minimum absolute atomic E-state index is 0.0865. The SMILES string of the molecule is CC/C=C/C=C/C=C/CCCCCCCC(=O)OCC(COC(=O)CCCCCCC/C=C/CCCCCCCCC)OC(=O)CCCCCCCCC/C=C/CCCCCC. The fraction of sp³-hybridized carbons (Fsp3) is 0.768. The van der Waals surface area contributed by atoms with Crippen molar-refractivity contribution in [1.82, 2.24) is 0 Å². The molecule has 0 saturated heterocycles. The molecule has 0 spiro atoms. The van der Waals surface area contributed by atoms with E-state index < -0.39 is 6.10 Å². The second kappa shape index (κ2) is 50.8. The molecule has 0 aliphatic carbocycles. The lowest BCUT2D eigenvalue weighted by Crippen LogP contribution is -2.30. The summed E-state index contributed by atoms with van der Waals surface area (Å²) in [5.41, 5.74) is 0. The molecule has 6 nitrogen and oxygen atoms in total. The van der Waals surface area contributed by atoms with E-state index in [0.717, 1.165) is 89.9 Å². The van der Waals surface area contributed by atoms with E-state index in [9.17, 15) is 14.4 Å². The van der Waals surface area contributed by atoms with Crippen LogP contribution in [0.25, 0.3) is 0 Å². The zero-order valence-corrected chi connectivity index (χ0v) is 40.9. The van der Waals surface area contributed by atoms with Gasteiger partial charge >= 0.3 is 17.9 Å². The molecule has 0 bridgehead atoms. The van der Waals surface area contributed by atoms with Crippen molar-refractivity contribution in [1.29, 1.82) is 0 Å². The molecule has 358 valence electrons. The molecule has 0 aromatic heterocycles. The maximum Gasteiger partial charge on any atom is 0.306 e. The van der Waals surface area contributed by atoms with Crippen molar-refractivity contribution in [2.45, 2.75) is 264 Å². The van der Waals surface area contributed by atoms with Gasteiger partial charge in [0.15, 0.2) is 6.10 Å². The van der Waals surface area contributed by atoms with Crippen LogP contribution in [0.2, 0.25) is 0 Å². The molecule has 0 fully saturated rings. The van der Waals surface area contributed by atoms with Crippen molar-refractivity contribution in [3.63, 3.8) is 0 Å². The van der Waals surface area contributed by atoms with E-state index in [0.29, 0.717) is 19.3 Å². The molecule has 0 aliphatic rings. The summed E-state index contributed by atoms with van der Waals surface area (Å²) in [4.78, 5) is 38.0. The molecule has 1 atom stereocenters. The van der Waals surface area contributed by atoms with Gasteiger partial charge in [-0.3, -0.25) is 14.4 Å². The van der Waals surface area contributed by atoms with E-state index in [-0.39, 0.29) is 31.1 Å². The molecule has 0 amide bonds. The second-order valence-electron chi connectivity index (χ2n) is 17.5. The first-order valence-electron chi connectivity index (χ1n) is 26.3. The van der Waals surface area contributed by atoms with Gasteiger partial charge in [-0.15, -0.1) is 0 Å². The van der Waals surface area contributed by atoms with Gasteiger partial charge in [0.2, 0.25) is 0 Å². The number of hydrogen-bond donors (Lipinski definition) is 0. The lowest BCUT2D eigenvalue weighted by atomic mass is 10.1. The minimum Gasteiger partial charge on any atom is -0.462 e. The Bertz CT molecular complexity index is 1130. The van der Waals surface area contributed by atoms with E-state index in [1.165, 1.54) is 128 Å². The van der Waals surface area contributed by atoms with Gasteiger partial charge < -0.3 is 14.2 Å². The van der Waals surface area contributed by atoms with Crippen molar-refractivity contribution in [3.05, 3.63) is 60.8 Å². The van der Waals surface area contributed by atoms with Gasteiger partial charge in [0.25, 0.3) is 0 Å². The molecular formula is C56H98O6. The van der Waals surface area contributed by atoms with E-state index >= 15 is 0 Å². The maximum absolute atomic E-state index is 12.8. The van der Waals surface area contributed by atoms with Crippen LogP contribution >= 0.6 is 0 Å². The summed E-state index contributed by atoms with van der Waals surface area (Å²) in [6.07, 6.45) is 62.0. The lowest BCUT2D eigenvalue weighted by Gasteiger charge is -2.18. The molecular weight excluding hydrogens is 769 g/mol. The Morgan fingerprint density at radius 2 is 0.645 bits per heavy atom. The van der Waals surface area contributed by atoms with Gasteiger partial charge in [0.1, 0.15) is 13.2 Å². The van der Waals surface area contributed by atoms with E-state index in [1.54, 1.807) is 0 Å². The van der Waals surface area contributed by atoms with Crippen LogP contribution in [0.4, 0.5) is 0 Å². The molecule has 0 radical (unpaired) electrons. The number of carbonyl (C=O) groups is 3. The molecule has 0 rings (SSSR count). The lowest BCUT2D eigenvalue weighted by molar-refractivity contribution is -0.167. The second-order valence-corrected chi connectivity index (χ2v) is 17.5. The topological polar surface area (TPSA) is 78.9 Å². The first-order chi connectivity index (χ1) is 30.5. The van der Waals surface area contributed by atoms with Crippen LogP contribution in [-0.2, 0) is 28.6 Å². The minimum atomic E-state index is -0.787. The van der Waals surface area contributed by atoms with E-state index in [2.05, 4.69) is 81.5 Å². The van der Waals surface area contributed by atoms with Crippen LogP contribution in [0.3, 0.4) is 0 Å². The third-order valence-corrected chi connectivity index (χ3v) is 11.3. The van der Waals surface area contributed by atoms with E-state index in [1.807, 2.05) is 0 Å². The number of unbranched alkanes of at least 4 members (excludes halogenated alkanes) is 28. The zero-order valence-electron chi connectivity index (χ0n) is 40.9. The molecule has 0 aliphatic heterocycles.